The highest BCUT2D eigenvalue weighted by Gasteiger charge is 2.36. The normalized spacial score (nSPS) is 31.9. The summed E-state index contributed by atoms with van der Waals surface area (Å²) in [5.41, 5.74) is -0.216. The molecule has 0 aliphatic carbocycles. The van der Waals surface area contributed by atoms with Gasteiger partial charge in [0.15, 0.2) is 0 Å². The summed E-state index contributed by atoms with van der Waals surface area (Å²) < 4.78 is 13.5. The molecule has 0 bridgehead atoms. The molecule has 5 nitrogen and oxygen atoms in total. The Hall–Kier alpha value is -1.19. The number of carbonyl (C=O) groups is 1. The van der Waals surface area contributed by atoms with Crippen molar-refractivity contribution in [3.63, 3.8) is 0 Å². The first-order chi connectivity index (χ1) is 11.2. The van der Waals surface area contributed by atoms with Crippen LogP contribution in [0.25, 0.3) is 0 Å². The van der Waals surface area contributed by atoms with Crippen molar-refractivity contribution in [3.8, 4) is 6.07 Å². The molecule has 0 aromatic rings. The van der Waals surface area contributed by atoms with Crippen LogP contribution < -0.4 is 5.32 Å². The number of nitrogens with zero attached hydrogens (tertiary/aromatic N) is 3. The zero-order valence-corrected chi connectivity index (χ0v) is 15.4. The summed E-state index contributed by atoms with van der Waals surface area (Å²) in [7, 11) is 0. The summed E-state index contributed by atoms with van der Waals surface area (Å²) in [5.74, 6) is -0.186. The summed E-state index contributed by atoms with van der Waals surface area (Å²) >= 11 is 0. The van der Waals surface area contributed by atoms with Crippen molar-refractivity contribution in [1.82, 2.24) is 15.1 Å². The predicted molar refractivity (Wildman–Crippen MR) is 92.2 cm³/mol. The van der Waals surface area contributed by atoms with E-state index in [-0.39, 0.29) is 31.0 Å². The smallest absolute Gasteiger partial charge is 0.237 e. The van der Waals surface area contributed by atoms with E-state index < -0.39 is 12.2 Å². The largest absolute Gasteiger partial charge is 0.323 e. The van der Waals surface area contributed by atoms with Crippen molar-refractivity contribution >= 4 is 5.91 Å². The van der Waals surface area contributed by atoms with E-state index in [1.165, 1.54) is 24.2 Å². The molecule has 0 aromatic carbocycles. The first kappa shape index (κ1) is 19.1. The topological polar surface area (TPSA) is 59.4 Å². The Bertz CT molecular complexity index is 480. The average molecular weight is 338 g/mol. The zero-order chi connectivity index (χ0) is 17.9. The first-order valence-corrected chi connectivity index (χ1v) is 9.07. The number of nitriles is 1. The third kappa shape index (κ3) is 4.67. The quantitative estimate of drug-likeness (QED) is 0.834. The maximum atomic E-state index is 13.5. The number of likely N-dealkylation sites (tertiary alicyclic amines) is 2. The second kappa shape index (κ2) is 7.79. The van der Waals surface area contributed by atoms with Crippen molar-refractivity contribution in [2.24, 2.45) is 0 Å². The lowest BCUT2D eigenvalue weighted by Crippen LogP contribution is -2.57. The van der Waals surface area contributed by atoms with Gasteiger partial charge in [0.05, 0.1) is 19.2 Å². The van der Waals surface area contributed by atoms with Gasteiger partial charge in [0, 0.05) is 30.6 Å². The van der Waals surface area contributed by atoms with Crippen molar-refractivity contribution < 1.29 is 9.18 Å². The van der Waals surface area contributed by atoms with E-state index in [0.717, 1.165) is 6.54 Å². The molecule has 2 aliphatic rings. The molecule has 2 aliphatic heterocycles. The van der Waals surface area contributed by atoms with Crippen molar-refractivity contribution in [1.29, 1.82) is 5.26 Å². The van der Waals surface area contributed by atoms with E-state index in [0.29, 0.717) is 12.1 Å². The molecule has 4 atom stereocenters. The van der Waals surface area contributed by atoms with Crippen LogP contribution in [0.15, 0.2) is 0 Å². The summed E-state index contributed by atoms with van der Waals surface area (Å²) in [4.78, 5) is 16.2. The Morgan fingerprint density at radius 3 is 2.54 bits per heavy atom. The SMILES string of the molecule is C[C@H]1CCC[C@H](C)N1CC(C)(C)NCC(=O)N1C[C@@H](F)C[C@H]1C#N. The van der Waals surface area contributed by atoms with Gasteiger partial charge in [-0.2, -0.15) is 5.26 Å². The molecule has 2 heterocycles. The fraction of sp³-hybridized carbons (Fsp3) is 0.889. The number of rotatable bonds is 5. The van der Waals surface area contributed by atoms with Gasteiger partial charge in [-0.05, 0) is 40.5 Å². The number of carbonyl (C=O) groups excluding carboxylic acids is 1. The molecule has 6 heteroatoms. The Balaban J connectivity index is 1.87. The molecule has 0 radical (unpaired) electrons. The third-order valence-corrected chi connectivity index (χ3v) is 5.39. The van der Waals surface area contributed by atoms with Gasteiger partial charge >= 0.3 is 0 Å². The minimum Gasteiger partial charge on any atom is -0.323 e. The minimum absolute atomic E-state index is 0.0410. The summed E-state index contributed by atoms with van der Waals surface area (Å²) in [6, 6.07) is 2.51. The molecular weight excluding hydrogens is 307 g/mol. The number of piperidine rings is 1. The van der Waals surface area contributed by atoms with Crippen LogP contribution in [0.3, 0.4) is 0 Å². The lowest BCUT2D eigenvalue weighted by molar-refractivity contribution is -0.130. The second-order valence-corrected chi connectivity index (χ2v) is 8.06. The second-order valence-electron chi connectivity index (χ2n) is 8.06. The van der Waals surface area contributed by atoms with Crippen LogP contribution in [0, 0.1) is 11.3 Å². The molecule has 2 fully saturated rings. The molecule has 0 unspecified atom stereocenters. The van der Waals surface area contributed by atoms with Gasteiger partial charge in [-0.25, -0.2) is 4.39 Å². The maximum Gasteiger partial charge on any atom is 0.237 e. The highest BCUT2D eigenvalue weighted by molar-refractivity contribution is 5.79. The van der Waals surface area contributed by atoms with Gasteiger partial charge in [-0.3, -0.25) is 9.69 Å². The standard InChI is InChI=1S/C18H31FN4O/c1-13-6-5-7-14(2)23(13)12-18(3,4)21-10-17(24)22-11-15(19)8-16(22)9-20/h13-16,21H,5-8,10-12H2,1-4H3/t13-,14-,15-,16-/m0/s1. The third-order valence-electron chi connectivity index (χ3n) is 5.39. The van der Waals surface area contributed by atoms with Gasteiger partial charge in [0.1, 0.15) is 12.2 Å². The van der Waals surface area contributed by atoms with E-state index in [1.54, 1.807) is 0 Å². The zero-order valence-electron chi connectivity index (χ0n) is 15.4. The monoisotopic (exact) mass is 338 g/mol. The van der Waals surface area contributed by atoms with Crippen LogP contribution >= 0.6 is 0 Å². The van der Waals surface area contributed by atoms with E-state index >= 15 is 0 Å². The van der Waals surface area contributed by atoms with E-state index in [2.05, 4.69) is 37.9 Å². The van der Waals surface area contributed by atoms with Crippen LogP contribution in [0.4, 0.5) is 4.39 Å². The molecule has 0 saturated carbocycles. The highest BCUT2D eigenvalue weighted by Crippen LogP contribution is 2.24. The van der Waals surface area contributed by atoms with Gasteiger partial charge in [0.25, 0.3) is 0 Å². The summed E-state index contributed by atoms with van der Waals surface area (Å²) in [6.07, 6.45) is 2.76. The molecular formula is C18H31FN4O. The van der Waals surface area contributed by atoms with Gasteiger partial charge in [0.2, 0.25) is 5.91 Å². The maximum absolute atomic E-state index is 13.5. The number of hydrogen-bond donors (Lipinski definition) is 1. The Kier molecular flexibility index (Phi) is 6.22. The van der Waals surface area contributed by atoms with E-state index in [9.17, 15) is 9.18 Å². The van der Waals surface area contributed by atoms with Gasteiger partial charge < -0.3 is 10.2 Å². The lowest BCUT2D eigenvalue weighted by atomic mass is 9.94. The lowest BCUT2D eigenvalue weighted by Gasteiger charge is -2.43. The van der Waals surface area contributed by atoms with Crippen molar-refractivity contribution in [3.05, 3.63) is 0 Å². The Morgan fingerprint density at radius 2 is 1.96 bits per heavy atom. The number of amides is 1. The molecule has 1 amide bonds. The molecule has 2 saturated heterocycles. The van der Waals surface area contributed by atoms with Crippen LogP contribution in [0.5, 0.6) is 0 Å². The minimum atomic E-state index is -1.08. The molecule has 0 spiro atoms. The van der Waals surface area contributed by atoms with Crippen molar-refractivity contribution in [2.45, 2.75) is 83.2 Å². The van der Waals surface area contributed by atoms with Crippen LogP contribution in [-0.2, 0) is 4.79 Å². The first-order valence-electron chi connectivity index (χ1n) is 9.07. The number of halogens is 1. The van der Waals surface area contributed by atoms with E-state index in [4.69, 9.17) is 5.26 Å². The van der Waals surface area contributed by atoms with E-state index in [1.807, 2.05) is 6.07 Å². The molecule has 0 aromatic heterocycles. The fourth-order valence-electron chi connectivity index (χ4n) is 3.90. The van der Waals surface area contributed by atoms with Crippen LogP contribution in [0.2, 0.25) is 0 Å². The Morgan fingerprint density at radius 1 is 1.33 bits per heavy atom. The number of nitrogens with one attached hydrogen (secondary N) is 1. The molecule has 136 valence electrons. The highest BCUT2D eigenvalue weighted by atomic mass is 19.1. The average Bonchev–Trinajstić information content (AvgIpc) is 2.90. The summed E-state index contributed by atoms with van der Waals surface area (Å²) in [5, 5.41) is 12.4. The van der Waals surface area contributed by atoms with Gasteiger partial charge in [-0.15, -0.1) is 0 Å². The fourth-order valence-corrected chi connectivity index (χ4v) is 3.90. The molecule has 2 rings (SSSR count). The predicted octanol–water partition coefficient (Wildman–Crippen LogP) is 2.08. The van der Waals surface area contributed by atoms with Gasteiger partial charge in [-0.1, -0.05) is 6.42 Å². The number of alkyl halides is 1. The number of hydrogen-bond acceptors (Lipinski definition) is 4. The van der Waals surface area contributed by atoms with Crippen LogP contribution in [-0.4, -0.2) is 65.2 Å². The molecule has 24 heavy (non-hydrogen) atoms. The molecule has 1 N–H and O–H groups in total. The van der Waals surface area contributed by atoms with Crippen LogP contribution in [0.1, 0.15) is 53.4 Å². The summed E-state index contributed by atoms with van der Waals surface area (Å²) in [6.45, 7) is 9.78. The Labute approximate surface area is 145 Å². The van der Waals surface area contributed by atoms with Crippen molar-refractivity contribution in [2.75, 3.05) is 19.6 Å².